The second-order valence-electron chi connectivity index (χ2n) is 7.69. The van der Waals surface area contributed by atoms with Gasteiger partial charge in [0.05, 0.1) is 12.7 Å². The fourth-order valence-corrected chi connectivity index (χ4v) is 3.13. The van der Waals surface area contributed by atoms with Gasteiger partial charge in [-0.05, 0) is 42.8 Å². The molecule has 3 aromatic rings. The summed E-state index contributed by atoms with van der Waals surface area (Å²) in [6.45, 7) is 2.71. The maximum atomic E-state index is 15.0. The molecule has 202 valence electrons. The van der Waals surface area contributed by atoms with Gasteiger partial charge in [-0.15, -0.1) is 13.2 Å². The molecule has 0 unspecified atom stereocenters. The first-order chi connectivity index (χ1) is 17.6. The Morgan fingerprint density at radius 3 is 2.21 bits per heavy atom. The summed E-state index contributed by atoms with van der Waals surface area (Å²) in [5, 5.41) is 2.30. The highest BCUT2D eigenvalue weighted by Crippen LogP contribution is 2.40. The summed E-state index contributed by atoms with van der Waals surface area (Å²) >= 11 is 0. The van der Waals surface area contributed by atoms with E-state index < -0.39 is 64.2 Å². The molecule has 1 heterocycles. The molecule has 3 rings (SSSR count). The Kier molecular flexibility index (Phi) is 7.84. The molecule has 0 saturated carbocycles. The molecule has 0 aliphatic carbocycles. The molecule has 0 spiro atoms. The number of pyridine rings is 1. The van der Waals surface area contributed by atoms with Crippen LogP contribution in [-0.4, -0.2) is 30.1 Å². The number of rotatable bonds is 7. The Morgan fingerprint density at radius 2 is 1.63 bits per heavy atom. The molecule has 0 radical (unpaired) electrons. The van der Waals surface area contributed by atoms with Gasteiger partial charge in [0.15, 0.2) is 17.3 Å². The molecule has 1 amide bonds. The van der Waals surface area contributed by atoms with E-state index in [1.165, 1.54) is 26.1 Å². The summed E-state index contributed by atoms with van der Waals surface area (Å²) in [5.74, 6) is -5.83. The molecule has 38 heavy (non-hydrogen) atoms. The van der Waals surface area contributed by atoms with Gasteiger partial charge in [0.25, 0.3) is 5.91 Å². The molecule has 14 heteroatoms. The fraction of sp³-hybridized carbons (Fsp3) is 0.208. The van der Waals surface area contributed by atoms with Crippen molar-refractivity contribution in [2.45, 2.75) is 26.4 Å². The van der Waals surface area contributed by atoms with E-state index in [9.17, 15) is 40.3 Å². The van der Waals surface area contributed by atoms with Gasteiger partial charge in [-0.3, -0.25) is 14.6 Å². The average molecular weight is 546 g/mol. The zero-order chi connectivity index (χ0) is 28.4. The zero-order valence-electron chi connectivity index (χ0n) is 19.7. The highest BCUT2D eigenvalue weighted by atomic mass is 19.4. The Balaban J connectivity index is 2.08. The van der Waals surface area contributed by atoms with E-state index in [1.54, 1.807) is 0 Å². The quantitative estimate of drug-likeness (QED) is 0.262. The largest absolute Gasteiger partial charge is 0.573 e. The number of ketones is 1. The van der Waals surface area contributed by atoms with Gasteiger partial charge < -0.3 is 19.5 Å². The van der Waals surface area contributed by atoms with Gasteiger partial charge in [-0.1, -0.05) is 0 Å². The highest BCUT2D eigenvalue weighted by molar-refractivity contribution is 6.07. The number of methoxy groups -OCH3 is 1. The molecule has 0 atom stereocenters. The normalized spacial score (nSPS) is 11.6. The standard InChI is InChI=1S/C24H17F7N2O5/c1-11-10-32-17(12(2)34)9-16(11)33-22(35)21-15(25)6-13(23(26,27)28)7-20(21)37-18-5-4-14(8-19(18)36-3)38-24(29,30)31/h4-10H,1-3H3,(H,32,33,35). The number of benzene rings is 2. The van der Waals surface area contributed by atoms with Crippen molar-refractivity contribution in [3.8, 4) is 23.0 Å². The predicted octanol–water partition coefficient (Wildman–Crippen LogP) is 6.70. The first-order valence-corrected chi connectivity index (χ1v) is 10.4. The lowest BCUT2D eigenvalue weighted by Gasteiger charge is -2.18. The SMILES string of the molecule is COc1cc(OC(F)(F)F)ccc1Oc1cc(C(F)(F)F)cc(F)c1C(=O)Nc1cc(C(C)=O)ncc1C. The van der Waals surface area contributed by atoms with Crippen LogP contribution in [-0.2, 0) is 6.18 Å². The van der Waals surface area contributed by atoms with Crippen molar-refractivity contribution in [1.29, 1.82) is 0 Å². The Labute approximate surface area is 210 Å². The van der Waals surface area contributed by atoms with Gasteiger partial charge in [-0.25, -0.2) is 4.39 Å². The Hall–Kier alpha value is -4.36. The van der Waals surface area contributed by atoms with E-state index in [0.717, 1.165) is 25.3 Å². The molecule has 7 nitrogen and oxygen atoms in total. The van der Waals surface area contributed by atoms with Crippen molar-refractivity contribution in [3.05, 3.63) is 70.8 Å². The Bertz CT molecular complexity index is 1390. The Morgan fingerprint density at radius 1 is 0.947 bits per heavy atom. The number of hydrogen-bond acceptors (Lipinski definition) is 6. The number of anilines is 1. The number of halogens is 7. The number of Topliss-reactive ketones (excluding diaryl/α,β-unsaturated/α-hetero) is 1. The van der Waals surface area contributed by atoms with Crippen LogP contribution in [0.3, 0.4) is 0 Å². The van der Waals surface area contributed by atoms with Gasteiger partial charge in [0.2, 0.25) is 0 Å². The van der Waals surface area contributed by atoms with Crippen LogP contribution in [0, 0.1) is 12.7 Å². The molecule has 1 aromatic heterocycles. The number of nitrogens with zero attached hydrogens (tertiary/aromatic N) is 1. The van der Waals surface area contributed by atoms with E-state index in [-0.39, 0.29) is 17.4 Å². The van der Waals surface area contributed by atoms with Crippen LogP contribution in [0.15, 0.2) is 42.6 Å². The highest BCUT2D eigenvalue weighted by Gasteiger charge is 2.35. The minimum absolute atomic E-state index is 0.0201. The number of aryl methyl sites for hydroxylation is 1. The third-order valence-corrected chi connectivity index (χ3v) is 4.91. The monoisotopic (exact) mass is 546 g/mol. The summed E-state index contributed by atoms with van der Waals surface area (Å²) < 4.78 is 107. The van der Waals surface area contributed by atoms with Crippen molar-refractivity contribution in [2.24, 2.45) is 0 Å². The first-order valence-electron chi connectivity index (χ1n) is 10.4. The fourth-order valence-electron chi connectivity index (χ4n) is 3.13. The van der Waals surface area contributed by atoms with Crippen molar-refractivity contribution in [2.75, 3.05) is 12.4 Å². The number of aromatic nitrogens is 1. The van der Waals surface area contributed by atoms with Crippen LogP contribution in [0.4, 0.5) is 36.4 Å². The molecule has 0 saturated heterocycles. The second kappa shape index (κ2) is 10.6. The van der Waals surface area contributed by atoms with E-state index in [4.69, 9.17) is 9.47 Å². The summed E-state index contributed by atoms with van der Waals surface area (Å²) in [6, 6.07) is 4.00. The van der Waals surface area contributed by atoms with Gasteiger partial charge in [0.1, 0.15) is 28.6 Å². The van der Waals surface area contributed by atoms with Gasteiger partial charge >= 0.3 is 12.5 Å². The van der Waals surface area contributed by atoms with Gasteiger partial charge in [0, 0.05) is 24.9 Å². The lowest BCUT2D eigenvalue weighted by molar-refractivity contribution is -0.274. The molecule has 0 fully saturated rings. The number of ether oxygens (including phenoxy) is 3. The lowest BCUT2D eigenvalue weighted by Crippen LogP contribution is -2.18. The van der Waals surface area contributed by atoms with Crippen LogP contribution in [0.25, 0.3) is 0 Å². The molecule has 0 bridgehead atoms. The van der Waals surface area contributed by atoms with E-state index in [2.05, 4.69) is 15.0 Å². The van der Waals surface area contributed by atoms with Gasteiger partial charge in [-0.2, -0.15) is 13.2 Å². The maximum absolute atomic E-state index is 15.0. The molecular weight excluding hydrogens is 529 g/mol. The van der Waals surface area contributed by atoms with E-state index >= 15 is 0 Å². The molecule has 0 aliphatic rings. The molecular formula is C24H17F7N2O5. The summed E-state index contributed by atoms with van der Waals surface area (Å²) in [5.41, 5.74) is -2.14. The number of carbonyl (C=O) groups excluding carboxylic acids is 2. The first kappa shape index (κ1) is 28.2. The molecule has 2 aromatic carbocycles. The molecule has 1 N–H and O–H groups in total. The lowest BCUT2D eigenvalue weighted by atomic mass is 10.1. The van der Waals surface area contributed by atoms with Crippen molar-refractivity contribution in [3.63, 3.8) is 0 Å². The average Bonchev–Trinajstić information content (AvgIpc) is 2.79. The topological polar surface area (TPSA) is 86.8 Å². The van der Waals surface area contributed by atoms with E-state index in [1.807, 2.05) is 0 Å². The van der Waals surface area contributed by atoms with Crippen LogP contribution in [0.5, 0.6) is 23.0 Å². The number of amides is 1. The van der Waals surface area contributed by atoms with Crippen LogP contribution in [0.2, 0.25) is 0 Å². The molecule has 0 aliphatic heterocycles. The smallest absolute Gasteiger partial charge is 0.493 e. The third-order valence-electron chi connectivity index (χ3n) is 4.91. The zero-order valence-corrected chi connectivity index (χ0v) is 19.7. The van der Waals surface area contributed by atoms with Crippen molar-refractivity contribution < 1.29 is 54.5 Å². The number of carbonyl (C=O) groups is 2. The number of hydrogen-bond donors (Lipinski definition) is 1. The predicted molar refractivity (Wildman–Crippen MR) is 118 cm³/mol. The summed E-state index contributed by atoms with van der Waals surface area (Å²) in [7, 11) is 1.03. The number of nitrogens with one attached hydrogen (secondary N) is 1. The third kappa shape index (κ3) is 6.69. The van der Waals surface area contributed by atoms with Crippen molar-refractivity contribution in [1.82, 2.24) is 4.98 Å². The second-order valence-corrected chi connectivity index (χ2v) is 7.69. The van der Waals surface area contributed by atoms with Crippen molar-refractivity contribution >= 4 is 17.4 Å². The minimum atomic E-state index is -5.05. The summed E-state index contributed by atoms with van der Waals surface area (Å²) in [6.07, 6.45) is -8.83. The van der Waals surface area contributed by atoms with Crippen LogP contribution in [0.1, 0.15) is 38.9 Å². The maximum Gasteiger partial charge on any atom is 0.573 e. The van der Waals surface area contributed by atoms with E-state index in [0.29, 0.717) is 11.6 Å². The van der Waals surface area contributed by atoms with Crippen LogP contribution < -0.4 is 19.5 Å². The van der Waals surface area contributed by atoms with Crippen LogP contribution >= 0.6 is 0 Å². The number of alkyl halides is 6. The minimum Gasteiger partial charge on any atom is -0.493 e. The summed E-state index contributed by atoms with van der Waals surface area (Å²) in [4.78, 5) is 28.5.